The molecule has 0 spiro atoms. The Morgan fingerprint density at radius 2 is 2.44 bits per heavy atom. The van der Waals surface area contributed by atoms with Gasteiger partial charge >= 0.3 is 5.97 Å². The maximum atomic E-state index is 11.2. The van der Waals surface area contributed by atoms with E-state index >= 15 is 0 Å². The lowest BCUT2D eigenvalue weighted by Crippen LogP contribution is -2.13. The van der Waals surface area contributed by atoms with Crippen molar-refractivity contribution >= 4 is 45.0 Å². The van der Waals surface area contributed by atoms with E-state index in [0.29, 0.717) is 5.16 Å². The molecule has 0 atom stereocenters. The lowest BCUT2D eigenvalue weighted by molar-refractivity contribution is -0.141. The quantitative estimate of drug-likeness (QED) is 0.607. The Kier molecular flexibility index (Phi) is 4.72. The van der Waals surface area contributed by atoms with Crippen LogP contribution in [0.2, 0.25) is 0 Å². The van der Waals surface area contributed by atoms with Gasteiger partial charge in [0.1, 0.15) is 6.54 Å². The van der Waals surface area contributed by atoms with Gasteiger partial charge in [0.25, 0.3) is 0 Å². The summed E-state index contributed by atoms with van der Waals surface area (Å²) in [6.45, 7) is 0.0277. The second-order valence-corrected chi connectivity index (χ2v) is 6.68. The van der Waals surface area contributed by atoms with E-state index in [0.717, 1.165) is 9.54 Å². The molecule has 2 aromatic heterocycles. The van der Waals surface area contributed by atoms with Gasteiger partial charge < -0.3 is 4.74 Å². The monoisotopic (exact) mass is 348 g/mol. The molecule has 0 aromatic carbocycles. The lowest BCUT2D eigenvalue weighted by atomic mass is 10.5. The van der Waals surface area contributed by atoms with E-state index in [2.05, 4.69) is 36.2 Å². The second kappa shape index (κ2) is 6.30. The third kappa shape index (κ3) is 3.53. The van der Waals surface area contributed by atoms with Crippen LogP contribution in [0.25, 0.3) is 0 Å². The fourth-order valence-corrected chi connectivity index (χ4v) is 3.55. The van der Waals surface area contributed by atoms with Crippen LogP contribution >= 0.6 is 39.0 Å². The van der Waals surface area contributed by atoms with Gasteiger partial charge in [-0.15, -0.1) is 16.4 Å². The summed E-state index contributed by atoms with van der Waals surface area (Å²) in [5.74, 6) is 0.390. The molecule has 2 rings (SSSR count). The summed E-state index contributed by atoms with van der Waals surface area (Å²) in [5, 5.41) is 11.8. The third-order valence-electron chi connectivity index (χ3n) is 1.98. The van der Waals surface area contributed by atoms with Crippen molar-refractivity contribution in [2.75, 3.05) is 7.11 Å². The molecule has 0 radical (unpaired) electrons. The molecule has 18 heavy (non-hydrogen) atoms. The molecule has 0 bridgehead atoms. The Bertz CT molecular complexity index is 542. The molecule has 0 saturated heterocycles. The number of ether oxygens (including phenoxy) is 1. The Hall–Kier alpha value is -0.930. The molecule has 0 N–H and O–H groups in total. The average Bonchev–Trinajstić information content (AvgIpc) is 2.96. The Balaban J connectivity index is 1.97. The first-order valence-electron chi connectivity index (χ1n) is 4.89. The number of methoxy groups -OCH3 is 1. The Morgan fingerprint density at radius 1 is 1.61 bits per heavy atom. The first-order valence-corrected chi connectivity index (χ1v) is 7.48. The summed E-state index contributed by atoms with van der Waals surface area (Å²) < 4.78 is 7.10. The van der Waals surface area contributed by atoms with Crippen LogP contribution in [0.4, 0.5) is 0 Å². The molecule has 0 aliphatic carbocycles. The third-order valence-corrected chi connectivity index (χ3v) is 4.79. The van der Waals surface area contributed by atoms with Gasteiger partial charge in [-0.3, -0.25) is 4.79 Å². The van der Waals surface area contributed by atoms with Crippen LogP contribution in [0.3, 0.4) is 0 Å². The van der Waals surface area contributed by atoms with E-state index in [1.165, 1.54) is 28.4 Å². The molecule has 0 saturated carbocycles. The van der Waals surface area contributed by atoms with Crippen molar-refractivity contribution in [3.63, 3.8) is 0 Å². The SMILES string of the molecule is COC(=O)Cn1nnnc1SCc1ccc(Br)s1. The molecular weight excluding hydrogens is 340 g/mol. The zero-order chi connectivity index (χ0) is 13.0. The fourth-order valence-electron chi connectivity index (χ4n) is 1.15. The van der Waals surface area contributed by atoms with E-state index in [4.69, 9.17) is 0 Å². The number of hydrogen-bond donors (Lipinski definition) is 0. The maximum absolute atomic E-state index is 11.2. The first kappa shape index (κ1) is 13.5. The van der Waals surface area contributed by atoms with Crippen LogP contribution in [-0.4, -0.2) is 33.3 Å². The number of halogens is 1. The molecule has 0 unspecified atom stereocenters. The molecule has 0 fully saturated rings. The van der Waals surface area contributed by atoms with Gasteiger partial charge in [-0.1, -0.05) is 11.8 Å². The van der Waals surface area contributed by atoms with Gasteiger partial charge in [0, 0.05) is 10.6 Å². The highest BCUT2D eigenvalue weighted by molar-refractivity contribution is 9.11. The van der Waals surface area contributed by atoms with E-state index in [1.54, 1.807) is 11.3 Å². The predicted octanol–water partition coefficient (Wildman–Crippen LogP) is 1.96. The molecule has 2 aromatic rings. The summed E-state index contributed by atoms with van der Waals surface area (Å²) in [6, 6.07) is 4.04. The summed E-state index contributed by atoms with van der Waals surface area (Å²) >= 11 is 6.55. The molecule has 2 heterocycles. The molecule has 9 heteroatoms. The summed E-state index contributed by atoms with van der Waals surface area (Å²) in [6.07, 6.45) is 0. The van der Waals surface area contributed by atoms with Crippen LogP contribution in [0.5, 0.6) is 0 Å². The van der Waals surface area contributed by atoms with Crippen molar-refractivity contribution in [3.8, 4) is 0 Å². The summed E-state index contributed by atoms with van der Waals surface area (Å²) in [5.41, 5.74) is 0. The van der Waals surface area contributed by atoms with E-state index in [9.17, 15) is 4.79 Å². The number of esters is 1. The van der Waals surface area contributed by atoms with Gasteiger partial charge in [0.2, 0.25) is 5.16 Å². The smallest absolute Gasteiger partial charge is 0.327 e. The zero-order valence-corrected chi connectivity index (χ0v) is 12.6. The second-order valence-electron chi connectivity index (χ2n) is 3.19. The topological polar surface area (TPSA) is 69.9 Å². The van der Waals surface area contributed by atoms with E-state index in [1.807, 2.05) is 12.1 Å². The summed E-state index contributed by atoms with van der Waals surface area (Å²) in [4.78, 5) is 12.4. The van der Waals surface area contributed by atoms with Crippen molar-refractivity contribution in [3.05, 3.63) is 20.8 Å². The number of thiophene rings is 1. The molecule has 6 nitrogen and oxygen atoms in total. The van der Waals surface area contributed by atoms with Crippen molar-refractivity contribution in [2.24, 2.45) is 0 Å². The number of aromatic nitrogens is 4. The number of carbonyl (C=O) groups is 1. The minimum atomic E-state index is -0.372. The molecule has 0 amide bonds. The highest BCUT2D eigenvalue weighted by Crippen LogP contribution is 2.27. The normalized spacial score (nSPS) is 10.6. The molecule has 96 valence electrons. The largest absolute Gasteiger partial charge is 0.468 e. The Labute approximate surface area is 120 Å². The summed E-state index contributed by atoms with van der Waals surface area (Å²) in [7, 11) is 1.34. The minimum absolute atomic E-state index is 0.0277. The van der Waals surface area contributed by atoms with Crippen molar-refractivity contribution in [1.29, 1.82) is 0 Å². The lowest BCUT2D eigenvalue weighted by Gasteiger charge is -2.01. The van der Waals surface area contributed by atoms with E-state index in [-0.39, 0.29) is 12.5 Å². The van der Waals surface area contributed by atoms with Gasteiger partial charge in [0.05, 0.1) is 10.9 Å². The first-order chi connectivity index (χ1) is 8.69. The van der Waals surface area contributed by atoms with Crippen LogP contribution in [0.15, 0.2) is 21.1 Å². The highest BCUT2D eigenvalue weighted by Gasteiger charge is 2.11. The molecule has 0 aliphatic rings. The van der Waals surface area contributed by atoms with Crippen LogP contribution in [0, 0.1) is 0 Å². The number of nitrogens with zero attached hydrogens (tertiary/aromatic N) is 4. The standard InChI is InChI=1S/C9H9BrN4O2S2/c1-16-8(15)4-14-9(11-12-13-14)17-5-6-2-3-7(10)18-6/h2-3H,4-5H2,1H3. The predicted molar refractivity (Wildman–Crippen MR) is 71.4 cm³/mol. The zero-order valence-electron chi connectivity index (χ0n) is 9.37. The van der Waals surface area contributed by atoms with Gasteiger partial charge in [-0.05, 0) is 38.5 Å². The van der Waals surface area contributed by atoms with Crippen LogP contribution in [0.1, 0.15) is 4.88 Å². The number of thioether (sulfide) groups is 1. The van der Waals surface area contributed by atoms with Crippen molar-refractivity contribution < 1.29 is 9.53 Å². The van der Waals surface area contributed by atoms with Crippen molar-refractivity contribution in [1.82, 2.24) is 20.2 Å². The van der Waals surface area contributed by atoms with Gasteiger partial charge in [-0.25, -0.2) is 4.68 Å². The van der Waals surface area contributed by atoms with Gasteiger partial charge in [0.15, 0.2) is 0 Å². The number of carbonyl (C=O) groups excluding carboxylic acids is 1. The van der Waals surface area contributed by atoms with Crippen molar-refractivity contribution in [2.45, 2.75) is 17.5 Å². The van der Waals surface area contributed by atoms with Gasteiger partial charge in [-0.2, -0.15) is 0 Å². The molecular formula is C9H9BrN4O2S2. The minimum Gasteiger partial charge on any atom is -0.468 e. The highest BCUT2D eigenvalue weighted by atomic mass is 79.9. The number of rotatable bonds is 5. The molecule has 0 aliphatic heterocycles. The Morgan fingerprint density at radius 3 is 3.11 bits per heavy atom. The van der Waals surface area contributed by atoms with Crippen LogP contribution < -0.4 is 0 Å². The number of tetrazole rings is 1. The van der Waals surface area contributed by atoms with E-state index < -0.39 is 0 Å². The van der Waals surface area contributed by atoms with Crippen LogP contribution in [-0.2, 0) is 21.8 Å². The maximum Gasteiger partial charge on any atom is 0.327 e. The average molecular weight is 349 g/mol. The fraction of sp³-hybridized carbons (Fsp3) is 0.333. The number of hydrogen-bond acceptors (Lipinski definition) is 7.